The highest BCUT2D eigenvalue weighted by molar-refractivity contribution is 7.80. The van der Waals surface area contributed by atoms with E-state index in [0.29, 0.717) is 28.8 Å². The molecule has 0 radical (unpaired) electrons. The first kappa shape index (κ1) is 20.3. The van der Waals surface area contributed by atoms with Crippen molar-refractivity contribution in [1.82, 2.24) is 5.32 Å². The normalized spacial score (nSPS) is 15.9. The molecule has 2 aromatic rings. The third kappa shape index (κ3) is 4.88. The van der Waals surface area contributed by atoms with Crippen LogP contribution < -0.4 is 10.6 Å². The number of carbonyl (C=O) groups excluding carboxylic acids is 2. The van der Waals surface area contributed by atoms with Crippen LogP contribution in [0.5, 0.6) is 0 Å². The summed E-state index contributed by atoms with van der Waals surface area (Å²) >= 11 is 6.76. The fourth-order valence-electron chi connectivity index (χ4n) is 3.09. The number of rotatable bonds is 5. The summed E-state index contributed by atoms with van der Waals surface area (Å²) in [5, 5.41) is 6.35. The molecule has 0 aliphatic heterocycles. The van der Waals surface area contributed by atoms with Crippen molar-refractivity contribution < 1.29 is 18.7 Å². The zero-order valence-electron chi connectivity index (χ0n) is 15.7. The van der Waals surface area contributed by atoms with Crippen LogP contribution in [0.25, 0.3) is 6.08 Å². The summed E-state index contributed by atoms with van der Waals surface area (Å²) in [6.07, 6.45) is 7.22. The average Bonchev–Trinajstić information content (AvgIpc) is 3.26. The van der Waals surface area contributed by atoms with Crippen LogP contribution in [0.4, 0.5) is 5.00 Å². The molecule has 2 N–H and O–H groups in total. The Morgan fingerprint density at radius 1 is 1.46 bits per heavy atom. The Bertz CT molecular complexity index is 900. The molecule has 28 heavy (non-hydrogen) atoms. The second-order valence-corrected chi connectivity index (χ2v) is 8.08. The van der Waals surface area contributed by atoms with Gasteiger partial charge >= 0.3 is 5.97 Å². The zero-order valence-corrected chi connectivity index (χ0v) is 17.4. The summed E-state index contributed by atoms with van der Waals surface area (Å²) in [6, 6.07) is 3.48. The SMILES string of the molecule is CCOC(=O)c1c(NC(=S)NC(=O)/C=C/c2ccco2)sc2c1CC[C@@H](C)C2. The van der Waals surface area contributed by atoms with Gasteiger partial charge in [-0.05, 0) is 68.1 Å². The highest BCUT2D eigenvalue weighted by atomic mass is 32.1. The Balaban J connectivity index is 1.72. The Morgan fingerprint density at radius 3 is 3.00 bits per heavy atom. The van der Waals surface area contributed by atoms with Gasteiger partial charge in [-0.1, -0.05) is 6.92 Å². The van der Waals surface area contributed by atoms with Gasteiger partial charge in [0.25, 0.3) is 0 Å². The van der Waals surface area contributed by atoms with E-state index in [2.05, 4.69) is 17.6 Å². The number of amides is 1. The summed E-state index contributed by atoms with van der Waals surface area (Å²) in [4.78, 5) is 25.7. The smallest absolute Gasteiger partial charge is 0.341 e. The molecule has 148 valence electrons. The Hall–Kier alpha value is -2.45. The molecule has 0 bridgehead atoms. The first-order valence-corrected chi connectivity index (χ1v) is 10.4. The maximum Gasteiger partial charge on any atom is 0.341 e. The van der Waals surface area contributed by atoms with Gasteiger partial charge in [0.15, 0.2) is 5.11 Å². The van der Waals surface area contributed by atoms with Crippen molar-refractivity contribution in [2.45, 2.75) is 33.1 Å². The van der Waals surface area contributed by atoms with Crippen molar-refractivity contribution in [3.8, 4) is 0 Å². The summed E-state index contributed by atoms with van der Waals surface area (Å²) in [7, 11) is 0. The minimum atomic E-state index is -0.387. The van der Waals surface area contributed by atoms with Gasteiger partial charge in [0.05, 0.1) is 18.4 Å². The molecule has 1 atom stereocenters. The predicted octanol–water partition coefficient (Wildman–Crippen LogP) is 4.17. The number of hydrogen-bond acceptors (Lipinski definition) is 6. The van der Waals surface area contributed by atoms with E-state index in [1.807, 2.05) is 0 Å². The van der Waals surface area contributed by atoms with Gasteiger partial charge in [0, 0.05) is 11.0 Å². The Morgan fingerprint density at radius 2 is 2.29 bits per heavy atom. The minimum absolute atomic E-state index is 0.131. The predicted molar refractivity (Wildman–Crippen MR) is 114 cm³/mol. The van der Waals surface area contributed by atoms with Crippen molar-refractivity contribution in [3.05, 3.63) is 46.2 Å². The van der Waals surface area contributed by atoms with E-state index in [1.54, 1.807) is 25.1 Å². The number of ether oxygens (including phenoxy) is 1. The largest absolute Gasteiger partial charge is 0.465 e. The summed E-state index contributed by atoms with van der Waals surface area (Å²) < 4.78 is 10.4. The summed E-state index contributed by atoms with van der Waals surface area (Å²) in [5.41, 5.74) is 1.58. The van der Waals surface area contributed by atoms with E-state index in [1.165, 1.54) is 28.6 Å². The lowest BCUT2D eigenvalue weighted by atomic mass is 9.88. The van der Waals surface area contributed by atoms with Crippen LogP contribution in [0.2, 0.25) is 0 Å². The van der Waals surface area contributed by atoms with E-state index in [-0.39, 0.29) is 17.0 Å². The quantitative estimate of drug-likeness (QED) is 0.431. The molecule has 1 amide bonds. The Kier molecular flexibility index (Phi) is 6.64. The van der Waals surface area contributed by atoms with E-state index >= 15 is 0 Å². The average molecular weight is 419 g/mol. The molecule has 0 aromatic carbocycles. The van der Waals surface area contributed by atoms with Crippen molar-refractivity contribution in [3.63, 3.8) is 0 Å². The standard InChI is InChI=1S/C20H22N2O4S2/c1-3-25-19(24)17-14-8-6-12(2)11-15(14)28-18(17)22-20(27)21-16(23)9-7-13-5-4-10-26-13/h4-5,7,9-10,12H,3,6,8,11H2,1-2H3,(H2,21,22,23,27)/b9-7+/t12-/m1/s1. The molecule has 2 heterocycles. The number of esters is 1. The van der Waals surface area contributed by atoms with Crippen LogP contribution in [0.1, 0.15) is 46.8 Å². The molecule has 8 heteroatoms. The number of hydrogen-bond donors (Lipinski definition) is 2. The third-order valence-electron chi connectivity index (χ3n) is 4.40. The fraction of sp³-hybridized carbons (Fsp3) is 0.350. The number of thiocarbonyl (C=S) groups is 1. The molecule has 0 saturated heterocycles. The van der Waals surface area contributed by atoms with E-state index in [4.69, 9.17) is 21.4 Å². The lowest BCUT2D eigenvalue weighted by molar-refractivity contribution is -0.115. The monoisotopic (exact) mass is 418 g/mol. The van der Waals surface area contributed by atoms with Gasteiger partial charge in [0.2, 0.25) is 5.91 Å². The first-order chi connectivity index (χ1) is 13.5. The maximum atomic E-state index is 12.5. The van der Waals surface area contributed by atoms with E-state index in [0.717, 1.165) is 24.8 Å². The van der Waals surface area contributed by atoms with Crippen molar-refractivity contribution in [2.75, 3.05) is 11.9 Å². The number of carbonyl (C=O) groups is 2. The van der Waals surface area contributed by atoms with Gasteiger partial charge in [-0.15, -0.1) is 11.3 Å². The molecule has 2 aromatic heterocycles. The highest BCUT2D eigenvalue weighted by Gasteiger charge is 2.28. The molecule has 6 nitrogen and oxygen atoms in total. The first-order valence-electron chi connectivity index (χ1n) is 9.13. The molecule has 3 rings (SSSR count). The summed E-state index contributed by atoms with van der Waals surface area (Å²) in [5.74, 6) is 0.400. The van der Waals surface area contributed by atoms with Gasteiger partial charge in [0.1, 0.15) is 10.8 Å². The third-order valence-corrected chi connectivity index (χ3v) is 5.77. The number of fused-ring (bicyclic) bond motifs is 1. The van der Waals surface area contributed by atoms with Crippen LogP contribution >= 0.6 is 23.6 Å². The molecule has 0 saturated carbocycles. The van der Waals surface area contributed by atoms with Crippen LogP contribution in [0.15, 0.2) is 28.9 Å². The summed E-state index contributed by atoms with van der Waals surface area (Å²) in [6.45, 7) is 4.29. The lowest BCUT2D eigenvalue weighted by Crippen LogP contribution is -2.33. The highest BCUT2D eigenvalue weighted by Crippen LogP contribution is 2.40. The van der Waals surface area contributed by atoms with Gasteiger partial charge < -0.3 is 14.5 Å². The van der Waals surface area contributed by atoms with Gasteiger partial charge in [-0.2, -0.15) is 0 Å². The molecule has 0 fully saturated rings. The van der Waals surface area contributed by atoms with Crippen molar-refractivity contribution in [1.29, 1.82) is 0 Å². The molecular weight excluding hydrogens is 396 g/mol. The molecule has 0 unspecified atom stereocenters. The van der Waals surface area contributed by atoms with Crippen molar-refractivity contribution >= 4 is 51.6 Å². The lowest BCUT2D eigenvalue weighted by Gasteiger charge is -2.18. The molecule has 1 aliphatic carbocycles. The van der Waals surface area contributed by atoms with Gasteiger partial charge in [-0.3, -0.25) is 10.1 Å². The van der Waals surface area contributed by atoms with E-state index < -0.39 is 0 Å². The van der Waals surface area contributed by atoms with Crippen molar-refractivity contribution in [2.24, 2.45) is 5.92 Å². The fourth-order valence-corrected chi connectivity index (χ4v) is 4.76. The Labute approximate surface area is 173 Å². The molecule has 0 spiro atoms. The second kappa shape index (κ2) is 9.16. The minimum Gasteiger partial charge on any atom is -0.465 e. The zero-order chi connectivity index (χ0) is 20.1. The molecule has 1 aliphatic rings. The van der Waals surface area contributed by atoms with Crippen LogP contribution in [0, 0.1) is 5.92 Å². The number of anilines is 1. The van der Waals surface area contributed by atoms with E-state index in [9.17, 15) is 9.59 Å². The van der Waals surface area contributed by atoms with Gasteiger partial charge in [-0.25, -0.2) is 4.79 Å². The number of thiophene rings is 1. The maximum absolute atomic E-state index is 12.5. The van der Waals surface area contributed by atoms with Crippen LogP contribution in [0.3, 0.4) is 0 Å². The number of furan rings is 1. The topological polar surface area (TPSA) is 80.6 Å². The second-order valence-electron chi connectivity index (χ2n) is 6.57. The van der Waals surface area contributed by atoms with Crippen LogP contribution in [-0.4, -0.2) is 23.6 Å². The number of nitrogens with one attached hydrogen (secondary N) is 2. The molecular formula is C20H22N2O4S2. The van der Waals surface area contributed by atoms with Crippen LogP contribution in [-0.2, 0) is 22.4 Å².